The van der Waals surface area contributed by atoms with Crippen LogP contribution in [0.2, 0.25) is 0 Å². The van der Waals surface area contributed by atoms with Crippen LogP contribution in [0.4, 0.5) is 0 Å². The van der Waals surface area contributed by atoms with Crippen LogP contribution in [0, 0.1) is 0 Å². The third-order valence-electron chi connectivity index (χ3n) is 3.33. The van der Waals surface area contributed by atoms with Gasteiger partial charge in [0.1, 0.15) is 11.8 Å². The lowest BCUT2D eigenvalue weighted by Gasteiger charge is -2.31. The van der Waals surface area contributed by atoms with Crippen molar-refractivity contribution in [3.63, 3.8) is 0 Å². The molecule has 0 aliphatic carbocycles. The number of ether oxygens (including phenoxy) is 1. The fourth-order valence-corrected chi connectivity index (χ4v) is 3.85. The molecule has 0 bridgehead atoms. The molecule has 0 saturated carbocycles. The number of nitrogens with one attached hydrogen (secondary N) is 1. The first-order valence-electron chi connectivity index (χ1n) is 8.92. The molecule has 0 saturated heterocycles. The SMILES string of the molecule is CCOP(=O)(CCCC(=O)N[C@@](C=O)(COC(C)(C)C)CC(=O)O)OCC. The van der Waals surface area contributed by atoms with Crippen molar-refractivity contribution in [1.82, 2.24) is 5.32 Å². The lowest BCUT2D eigenvalue weighted by atomic mass is 9.97. The Morgan fingerprint density at radius 2 is 1.70 bits per heavy atom. The minimum atomic E-state index is -3.26. The van der Waals surface area contributed by atoms with E-state index in [1.807, 2.05) is 0 Å². The number of amides is 1. The average Bonchev–Trinajstić information content (AvgIpc) is 2.51. The van der Waals surface area contributed by atoms with Crippen molar-refractivity contribution in [2.45, 2.75) is 65.0 Å². The first-order chi connectivity index (χ1) is 12.4. The summed E-state index contributed by atoms with van der Waals surface area (Å²) in [6.45, 7) is 8.82. The van der Waals surface area contributed by atoms with E-state index >= 15 is 0 Å². The van der Waals surface area contributed by atoms with Gasteiger partial charge in [-0.25, -0.2) is 0 Å². The lowest BCUT2D eigenvalue weighted by Crippen LogP contribution is -2.55. The van der Waals surface area contributed by atoms with E-state index in [1.54, 1.807) is 34.6 Å². The Labute approximate surface area is 160 Å². The van der Waals surface area contributed by atoms with Crippen LogP contribution in [0.5, 0.6) is 0 Å². The van der Waals surface area contributed by atoms with Gasteiger partial charge < -0.3 is 29.0 Å². The number of rotatable bonds is 14. The zero-order chi connectivity index (χ0) is 21.1. The van der Waals surface area contributed by atoms with E-state index in [1.165, 1.54) is 0 Å². The fourth-order valence-electron chi connectivity index (χ4n) is 2.18. The maximum absolute atomic E-state index is 12.4. The molecular formula is C17H32NO8P. The zero-order valence-corrected chi connectivity index (χ0v) is 17.7. The van der Waals surface area contributed by atoms with Gasteiger partial charge in [-0.1, -0.05) is 0 Å². The van der Waals surface area contributed by atoms with E-state index in [9.17, 15) is 18.9 Å². The summed E-state index contributed by atoms with van der Waals surface area (Å²) in [5, 5.41) is 11.5. The molecule has 0 aromatic heterocycles. The van der Waals surface area contributed by atoms with Crippen LogP contribution in [0.3, 0.4) is 0 Å². The second kappa shape index (κ2) is 11.5. The van der Waals surface area contributed by atoms with Crippen molar-refractivity contribution >= 4 is 25.8 Å². The number of aliphatic carboxylic acids is 1. The van der Waals surface area contributed by atoms with Crippen LogP contribution >= 0.6 is 7.60 Å². The second-order valence-corrected chi connectivity index (χ2v) is 9.25. The van der Waals surface area contributed by atoms with Gasteiger partial charge in [0, 0.05) is 6.42 Å². The average molecular weight is 409 g/mol. The number of carboxylic acid groups (broad SMARTS) is 1. The number of hydrogen-bond acceptors (Lipinski definition) is 7. The van der Waals surface area contributed by atoms with Gasteiger partial charge in [0.05, 0.1) is 38.0 Å². The maximum atomic E-state index is 12.4. The van der Waals surface area contributed by atoms with Crippen LogP contribution in [-0.4, -0.2) is 60.4 Å². The minimum Gasteiger partial charge on any atom is -0.481 e. The molecule has 2 N–H and O–H groups in total. The Morgan fingerprint density at radius 1 is 1.15 bits per heavy atom. The number of carbonyl (C=O) groups is 3. The standard InChI is InChI=1S/C17H32NO8P/c1-6-25-27(23,26-7-2)10-8-9-14(20)18-17(12-19,11-15(21)22)13-24-16(3,4)5/h12H,6-11,13H2,1-5H3,(H,18,20)(H,21,22)/t17-/m0/s1. The first-order valence-corrected chi connectivity index (χ1v) is 10.6. The molecule has 1 amide bonds. The second-order valence-electron chi connectivity index (χ2n) is 7.07. The van der Waals surface area contributed by atoms with E-state index in [2.05, 4.69) is 5.32 Å². The third kappa shape index (κ3) is 11.2. The Balaban J connectivity index is 4.91. The van der Waals surface area contributed by atoms with Crippen molar-refractivity contribution in [2.24, 2.45) is 0 Å². The number of hydrogen-bond donors (Lipinski definition) is 2. The molecule has 0 aromatic rings. The monoisotopic (exact) mass is 409 g/mol. The Bertz CT molecular complexity index is 536. The van der Waals surface area contributed by atoms with E-state index < -0.39 is 37.0 Å². The van der Waals surface area contributed by atoms with Gasteiger partial charge in [0.2, 0.25) is 5.91 Å². The van der Waals surface area contributed by atoms with Crippen LogP contribution < -0.4 is 5.32 Å². The molecule has 0 fully saturated rings. The van der Waals surface area contributed by atoms with Gasteiger partial charge in [0.25, 0.3) is 0 Å². The van der Waals surface area contributed by atoms with E-state index in [4.69, 9.17) is 18.9 Å². The van der Waals surface area contributed by atoms with Crippen molar-refractivity contribution in [2.75, 3.05) is 26.0 Å². The third-order valence-corrected chi connectivity index (χ3v) is 5.50. The molecule has 10 heteroatoms. The largest absolute Gasteiger partial charge is 0.481 e. The number of aldehydes is 1. The summed E-state index contributed by atoms with van der Waals surface area (Å²) in [7, 11) is -3.26. The summed E-state index contributed by atoms with van der Waals surface area (Å²) in [5.74, 6) is -1.78. The molecule has 0 rings (SSSR count). The number of carbonyl (C=O) groups excluding carboxylic acids is 2. The van der Waals surface area contributed by atoms with Gasteiger partial charge in [0.15, 0.2) is 0 Å². The fraction of sp³-hybridized carbons (Fsp3) is 0.824. The summed E-state index contributed by atoms with van der Waals surface area (Å²) in [5.41, 5.74) is -2.28. The van der Waals surface area contributed by atoms with Crippen LogP contribution in [0.1, 0.15) is 53.9 Å². The molecule has 158 valence electrons. The summed E-state index contributed by atoms with van der Waals surface area (Å²) in [4.78, 5) is 34.9. The topological polar surface area (TPSA) is 128 Å². The summed E-state index contributed by atoms with van der Waals surface area (Å²) < 4.78 is 28.2. The summed E-state index contributed by atoms with van der Waals surface area (Å²) in [6, 6.07) is 0. The predicted octanol–water partition coefficient (Wildman–Crippen LogP) is 2.38. The van der Waals surface area contributed by atoms with E-state index in [0.29, 0.717) is 6.29 Å². The molecular weight excluding hydrogens is 377 g/mol. The van der Waals surface area contributed by atoms with Gasteiger partial charge in [-0.3, -0.25) is 14.2 Å². The normalized spacial score (nSPS) is 14.4. The predicted molar refractivity (Wildman–Crippen MR) is 99.9 cm³/mol. The molecule has 9 nitrogen and oxygen atoms in total. The van der Waals surface area contributed by atoms with Gasteiger partial charge in [-0.05, 0) is 41.0 Å². The summed E-state index contributed by atoms with van der Waals surface area (Å²) in [6.07, 6.45) is -0.0293. The molecule has 0 aromatic carbocycles. The quantitative estimate of drug-likeness (QED) is 0.331. The van der Waals surface area contributed by atoms with Crippen LogP contribution in [-0.2, 0) is 32.7 Å². The van der Waals surface area contributed by atoms with Crippen molar-refractivity contribution in [3.05, 3.63) is 0 Å². The highest BCUT2D eigenvalue weighted by molar-refractivity contribution is 7.53. The molecule has 27 heavy (non-hydrogen) atoms. The Kier molecular flexibility index (Phi) is 11.0. The molecule has 0 unspecified atom stereocenters. The van der Waals surface area contributed by atoms with Gasteiger partial charge >= 0.3 is 13.6 Å². The highest BCUT2D eigenvalue weighted by atomic mass is 31.2. The zero-order valence-electron chi connectivity index (χ0n) is 16.8. The Morgan fingerprint density at radius 3 is 2.11 bits per heavy atom. The first kappa shape index (κ1) is 25.7. The smallest absolute Gasteiger partial charge is 0.330 e. The minimum absolute atomic E-state index is 0.0492. The molecule has 1 atom stereocenters. The van der Waals surface area contributed by atoms with Gasteiger partial charge in [-0.2, -0.15) is 0 Å². The molecule has 0 aliphatic rings. The van der Waals surface area contributed by atoms with Crippen molar-refractivity contribution in [3.8, 4) is 0 Å². The van der Waals surface area contributed by atoms with E-state index in [-0.39, 0.29) is 38.8 Å². The van der Waals surface area contributed by atoms with Crippen LogP contribution in [0.25, 0.3) is 0 Å². The van der Waals surface area contributed by atoms with Crippen LogP contribution in [0.15, 0.2) is 0 Å². The molecule has 0 aliphatic heterocycles. The van der Waals surface area contributed by atoms with Crippen molar-refractivity contribution < 1.29 is 37.8 Å². The maximum Gasteiger partial charge on any atom is 0.330 e. The number of carboxylic acids is 1. The Hall–Kier alpha value is -1.28. The molecule has 0 radical (unpaired) electrons. The molecule has 0 heterocycles. The molecule has 0 spiro atoms. The highest BCUT2D eigenvalue weighted by Gasteiger charge is 2.36. The van der Waals surface area contributed by atoms with Crippen molar-refractivity contribution in [1.29, 1.82) is 0 Å². The van der Waals surface area contributed by atoms with Gasteiger partial charge in [-0.15, -0.1) is 0 Å². The summed E-state index contributed by atoms with van der Waals surface area (Å²) >= 11 is 0. The van der Waals surface area contributed by atoms with E-state index in [0.717, 1.165) is 0 Å². The highest BCUT2D eigenvalue weighted by Crippen LogP contribution is 2.48. The lowest BCUT2D eigenvalue weighted by molar-refractivity contribution is -0.144.